The molecule has 1 N–H and O–H groups in total. The Morgan fingerprint density at radius 3 is 2.62 bits per heavy atom. The number of ether oxygens (including phenoxy) is 1. The zero-order chi connectivity index (χ0) is 9.40. The summed E-state index contributed by atoms with van der Waals surface area (Å²) < 4.78 is 4.74. The van der Waals surface area contributed by atoms with E-state index in [1.165, 1.54) is 11.8 Å². The Labute approximate surface area is 93.3 Å². The van der Waals surface area contributed by atoms with Crippen LogP contribution in [0.5, 0.6) is 0 Å². The Kier molecular flexibility index (Phi) is 11.6. The van der Waals surface area contributed by atoms with E-state index in [2.05, 4.69) is 10.3 Å². The summed E-state index contributed by atoms with van der Waals surface area (Å²) in [6, 6.07) is 0. The third kappa shape index (κ3) is 8.11. The van der Waals surface area contributed by atoms with Gasteiger partial charge >= 0.3 is 5.97 Å². The highest BCUT2D eigenvalue weighted by Crippen LogP contribution is 2.01. The lowest BCUT2D eigenvalue weighted by Crippen LogP contribution is -2.17. The van der Waals surface area contributed by atoms with Gasteiger partial charge < -0.3 is 10.1 Å². The summed E-state index contributed by atoms with van der Waals surface area (Å²) in [6.45, 7) is 2.22. The predicted molar refractivity (Wildman–Crippen MR) is 61.8 cm³/mol. The minimum atomic E-state index is -0.209. The molecule has 4 nitrogen and oxygen atoms in total. The van der Waals surface area contributed by atoms with Gasteiger partial charge in [-0.1, -0.05) is 11.8 Å². The van der Waals surface area contributed by atoms with Gasteiger partial charge in [0.05, 0.1) is 12.4 Å². The number of carbonyl (C=O) groups is 1. The lowest BCUT2D eigenvalue weighted by atomic mass is 10.8. The minimum absolute atomic E-state index is 0. The van der Waals surface area contributed by atoms with Gasteiger partial charge in [0.2, 0.25) is 0 Å². The molecule has 0 rings (SSSR count). The summed E-state index contributed by atoms with van der Waals surface area (Å²) in [5.74, 6) is 0.0975. The second kappa shape index (κ2) is 9.85. The van der Waals surface area contributed by atoms with Crippen LogP contribution < -0.4 is 5.32 Å². The van der Waals surface area contributed by atoms with E-state index in [1.807, 2.05) is 0 Å². The number of esters is 1. The first-order valence-electron chi connectivity index (χ1n) is 3.67. The lowest BCUT2D eigenvalue weighted by Gasteiger charge is -2.03. The van der Waals surface area contributed by atoms with E-state index >= 15 is 0 Å². The molecule has 0 aliphatic carbocycles. The highest BCUT2D eigenvalue weighted by molar-refractivity contribution is 8.93. The molecule has 0 bridgehead atoms. The van der Waals surface area contributed by atoms with Gasteiger partial charge in [0.1, 0.15) is 0 Å². The standard InChI is InChI=1S/C7H14N2O2S.BrH/c1-4-11-6(10)5-12-7(8-2)9-3;/h4-5H2,1-3H3,(H,8,9);1H. The van der Waals surface area contributed by atoms with Crippen LogP contribution in [0.3, 0.4) is 0 Å². The van der Waals surface area contributed by atoms with E-state index in [-0.39, 0.29) is 23.0 Å². The van der Waals surface area contributed by atoms with Gasteiger partial charge in [-0.3, -0.25) is 9.79 Å². The molecule has 13 heavy (non-hydrogen) atoms. The van der Waals surface area contributed by atoms with E-state index in [0.29, 0.717) is 12.4 Å². The van der Waals surface area contributed by atoms with Crippen LogP contribution in [0.1, 0.15) is 6.92 Å². The zero-order valence-electron chi connectivity index (χ0n) is 7.99. The van der Waals surface area contributed by atoms with E-state index in [9.17, 15) is 4.79 Å². The van der Waals surface area contributed by atoms with Crippen molar-refractivity contribution in [3.05, 3.63) is 0 Å². The van der Waals surface area contributed by atoms with Crippen LogP contribution in [-0.4, -0.2) is 37.6 Å². The van der Waals surface area contributed by atoms with E-state index < -0.39 is 0 Å². The predicted octanol–water partition coefficient (Wildman–Crippen LogP) is 1.07. The normalized spacial score (nSPS) is 10.2. The third-order valence-electron chi connectivity index (χ3n) is 1.05. The Morgan fingerprint density at radius 2 is 2.23 bits per heavy atom. The monoisotopic (exact) mass is 270 g/mol. The molecule has 0 spiro atoms. The molecular formula is C7H15BrN2O2S. The van der Waals surface area contributed by atoms with Crippen molar-refractivity contribution >= 4 is 39.9 Å². The molecule has 0 saturated heterocycles. The van der Waals surface area contributed by atoms with Gasteiger partial charge in [-0.15, -0.1) is 17.0 Å². The molecule has 0 atom stereocenters. The average molecular weight is 271 g/mol. The maximum absolute atomic E-state index is 10.9. The molecule has 0 amide bonds. The van der Waals surface area contributed by atoms with E-state index in [4.69, 9.17) is 4.74 Å². The molecule has 78 valence electrons. The number of aliphatic imine (C=N–C) groups is 1. The molecule has 6 heteroatoms. The van der Waals surface area contributed by atoms with Crippen LogP contribution in [0, 0.1) is 0 Å². The molecule has 0 fully saturated rings. The number of nitrogens with one attached hydrogen (secondary N) is 1. The first-order chi connectivity index (χ1) is 5.74. The number of amidine groups is 1. The summed E-state index contributed by atoms with van der Waals surface area (Å²) in [7, 11) is 3.43. The number of carbonyl (C=O) groups excluding carboxylic acids is 1. The van der Waals surface area contributed by atoms with Crippen LogP contribution in [0.25, 0.3) is 0 Å². The molecule has 0 saturated carbocycles. The molecule has 0 aliphatic heterocycles. The van der Waals surface area contributed by atoms with Crippen LogP contribution >= 0.6 is 28.7 Å². The average Bonchev–Trinajstić information content (AvgIpc) is 2.07. The number of halogens is 1. The number of hydrogen-bond donors (Lipinski definition) is 1. The third-order valence-corrected chi connectivity index (χ3v) is 2.09. The quantitative estimate of drug-likeness (QED) is 0.474. The Hall–Kier alpha value is -0.230. The van der Waals surface area contributed by atoms with Gasteiger partial charge in [0.25, 0.3) is 0 Å². The summed E-state index contributed by atoms with van der Waals surface area (Å²) in [4.78, 5) is 14.8. The van der Waals surface area contributed by atoms with Gasteiger partial charge in [-0.25, -0.2) is 0 Å². The van der Waals surface area contributed by atoms with Crippen molar-refractivity contribution in [2.24, 2.45) is 4.99 Å². The van der Waals surface area contributed by atoms with Crippen molar-refractivity contribution in [3.8, 4) is 0 Å². The number of rotatable bonds is 3. The number of thioether (sulfide) groups is 1. The first-order valence-corrected chi connectivity index (χ1v) is 4.66. The Morgan fingerprint density at radius 1 is 1.62 bits per heavy atom. The topological polar surface area (TPSA) is 50.7 Å². The van der Waals surface area contributed by atoms with Gasteiger partial charge in [-0.05, 0) is 6.92 Å². The van der Waals surface area contributed by atoms with Gasteiger partial charge in [0, 0.05) is 14.1 Å². The van der Waals surface area contributed by atoms with Crippen LogP contribution in [0.15, 0.2) is 4.99 Å². The van der Waals surface area contributed by atoms with Crippen LogP contribution in [0.4, 0.5) is 0 Å². The largest absolute Gasteiger partial charge is 0.465 e. The second-order valence-corrected chi connectivity index (χ2v) is 2.84. The molecule has 0 radical (unpaired) electrons. The lowest BCUT2D eigenvalue weighted by molar-refractivity contribution is -0.139. The SMILES string of the molecule is Br.CCOC(=O)CSC(=NC)NC. The Balaban J connectivity index is 0. The fourth-order valence-electron chi connectivity index (χ4n) is 0.578. The molecule has 0 aromatic heterocycles. The van der Waals surface area contributed by atoms with Gasteiger partial charge in [0.15, 0.2) is 5.17 Å². The van der Waals surface area contributed by atoms with E-state index in [0.717, 1.165) is 5.17 Å². The van der Waals surface area contributed by atoms with E-state index in [1.54, 1.807) is 21.0 Å². The summed E-state index contributed by atoms with van der Waals surface area (Å²) in [6.07, 6.45) is 0. The summed E-state index contributed by atoms with van der Waals surface area (Å²) >= 11 is 1.33. The van der Waals surface area contributed by atoms with Crippen LogP contribution in [0.2, 0.25) is 0 Å². The molecule has 0 heterocycles. The molecule has 0 unspecified atom stereocenters. The Bertz CT molecular complexity index is 176. The molecule has 0 aromatic carbocycles. The van der Waals surface area contributed by atoms with Crippen LogP contribution in [-0.2, 0) is 9.53 Å². The molecule has 0 aromatic rings. The highest BCUT2D eigenvalue weighted by atomic mass is 79.9. The first kappa shape index (κ1) is 15.3. The van der Waals surface area contributed by atoms with Gasteiger partial charge in [-0.2, -0.15) is 0 Å². The zero-order valence-corrected chi connectivity index (χ0v) is 10.5. The van der Waals surface area contributed by atoms with Crippen molar-refractivity contribution in [2.45, 2.75) is 6.92 Å². The van der Waals surface area contributed by atoms with Crippen molar-refractivity contribution in [2.75, 3.05) is 26.5 Å². The summed E-state index contributed by atoms with van der Waals surface area (Å²) in [5, 5.41) is 3.59. The maximum atomic E-state index is 10.9. The van der Waals surface area contributed by atoms with Crippen molar-refractivity contribution in [1.29, 1.82) is 0 Å². The number of nitrogens with zero attached hydrogens (tertiary/aromatic N) is 1. The fourth-order valence-corrected chi connectivity index (χ4v) is 1.19. The molecule has 0 aliphatic rings. The second-order valence-electron chi connectivity index (χ2n) is 1.87. The smallest absolute Gasteiger partial charge is 0.316 e. The minimum Gasteiger partial charge on any atom is -0.465 e. The maximum Gasteiger partial charge on any atom is 0.316 e. The van der Waals surface area contributed by atoms with Crippen molar-refractivity contribution in [3.63, 3.8) is 0 Å². The highest BCUT2D eigenvalue weighted by Gasteiger charge is 2.03. The number of hydrogen-bond acceptors (Lipinski definition) is 4. The van der Waals surface area contributed by atoms with Crippen molar-refractivity contribution < 1.29 is 9.53 Å². The summed E-state index contributed by atoms with van der Waals surface area (Å²) in [5.41, 5.74) is 0. The van der Waals surface area contributed by atoms with Crippen molar-refractivity contribution in [1.82, 2.24) is 5.32 Å². The molecular weight excluding hydrogens is 256 g/mol. The fraction of sp³-hybridized carbons (Fsp3) is 0.714.